The van der Waals surface area contributed by atoms with Crippen LogP contribution in [0.2, 0.25) is 5.02 Å². The summed E-state index contributed by atoms with van der Waals surface area (Å²) in [4.78, 5) is 12.8. The SMILES string of the molecule is Cc1ccc(S(=O)(=O)Nc2ccc3c(c2)C(=O)Nc2cc(Cl)ccc2O3)cc1C. The molecule has 0 fully saturated rings. The first kappa shape index (κ1) is 19.3. The molecule has 29 heavy (non-hydrogen) atoms. The van der Waals surface area contributed by atoms with Crippen molar-refractivity contribution < 1.29 is 17.9 Å². The van der Waals surface area contributed by atoms with Crippen LogP contribution in [0.25, 0.3) is 0 Å². The summed E-state index contributed by atoms with van der Waals surface area (Å²) in [6, 6.07) is 14.3. The number of amides is 1. The molecule has 8 heteroatoms. The van der Waals surface area contributed by atoms with Gasteiger partial charge < -0.3 is 10.1 Å². The summed E-state index contributed by atoms with van der Waals surface area (Å²) < 4.78 is 33.8. The number of anilines is 2. The number of nitrogens with one attached hydrogen (secondary N) is 2. The summed E-state index contributed by atoms with van der Waals surface area (Å²) in [7, 11) is -3.80. The zero-order chi connectivity index (χ0) is 20.8. The van der Waals surface area contributed by atoms with Crippen LogP contribution >= 0.6 is 11.6 Å². The van der Waals surface area contributed by atoms with Gasteiger partial charge in [-0.05, 0) is 73.5 Å². The second-order valence-electron chi connectivity index (χ2n) is 6.76. The second kappa shape index (κ2) is 7.09. The van der Waals surface area contributed by atoms with E-state index in [2.05, 4.69) is 10.0 Å². The van der Waals surface area contributed by atoms with Crippen LogP contribution in [0.5, 0.6) is 11.5 Å². The maximum Gasteiger partial charge on any atom is 0.261 e. The first-order valence-electron chi connectivity index (χ1n) is 8.76. The maximum absolute atomic E-state index is 12.7. The van der Waals surface area contributed by atoms with E-state index in [0.29, 0.717) is 22.2 Å². The van der Waals surface area contributed by atoms with Crippen molar-refractivity contribution in [1.29, 1.82) is 0 Å². The first-order chi connectivity index (χ1) is 13.7. The Morgan fingerprint density at radius 2 is 1.69 bits per heavy atom. The fourth-order valence-electron chi connectivity index (χ4n) is 2.95. The van der Waals surface area contributed by atoms with Crippen LogP contribution in [0.4, 0.5) is 11.4 Å². The van der Waals surface area contributed by atoms with Crippen molar-refractivity contribution in [3.05, 3.63) is 76.3 Å². The molecular weight excluding hydrogens is 412 g/mol. The molecule has 0 unspecified atom stereocenters. The van der Waals surface area contributed by atoms with E-state index in [1.165, 1.54) is 6.07 Å². The third-order valence-electron chi connectivity index (χ3n) is 4.67. The quantitative estimate of drug-likeness (QED) is 0.606. The highest BCUT2D eigenvalue weighted by molar-refractivity contribution is 7.92. The molecule has 3 aromatic carbocycles. The van der Waals surface area contributed by atoms with Gasteiger partial charge in [0.2, 0.25) is 0 Å². The Hall–Kier alpha value is -3.03. The molecular formula is C21H17ClN2O4S. The Morgan fingerprint density at radius 1 is 0.931 bits per heavy atom. The predicted octanol–water partition coefficient (Wildman–Crippen LogP) is 5.12. The number of carbonyl (C=O) groups is 1. The van der Waals surface area contributed by atoms with E-state index in [1.807, 2.05) is 13.8 Å². The van der Waals surface area contributed by atoms with Crippen LogP contribution in [0.15, 0.2) is 59.5 Å². The summed E-state index contributed by atoms with van der Waals surface area (Å²) in [6.07, 6.45) is 0. The van der Waals surface area contributed by atoms with E-state index in [-0.39, 0.29) is 16.1 Å². The molecule has 0 radical (unpaired) electrons. The lowest BCUT2D eigenvalue weighted by Crippen LogP contribution is -2.15. The van der Waals surface area contributed by atoms with Crippen molar-refractivity contribution in [3.63, 3.8) is 0 Å². The molecule has 1 aliphatic rings. The molecule has 0 saturated heterocycles. The number of hydrogen-bond donors (Lipinski definition) is 2. The van der Waals surface area contributed by atoms with Gasteiger partial charge in [-0.3, -0.25) is 9.52 Å². The number of halogens is 1. The van der Waals surface area contributed by atoms with Gasteiger partial charge in [-0.2, -0.15) is 0 Å². The van der Waals surface area contributed by atoms with Gasteiger partial charge in [0.1, 0.15) is 5.75 Å². The molecule has 1 aliphatic heterocycles. The third-order valence-corrected chi connectivity index (χ3v) is 6.29. The number of ether oxygens (including phenoxy) is 1. The fraction of sp³-hybridized carbons (Fsp3) is 0.0952. The number of sulfonamides is 1. The average molecular weight is 429 g/mol. The molecule has 0 spiro atoms. The van der Waals surface area contributed by atoms with Crippen molar-refractivity contribution in [2.45, 2.75) is 18.7 Å². The monoisotopic (exact) mass is 428 g/mol. The summed E-state index contributed by atoms with van der Waals surface area (Å²) >= 11 is 5.98. The highest BCUT2D eigenvalue weighted by Crippen LogP contribution is 2.38. The van der Waals surface area contributed by atoms with Gasteiger partial charge in [-0.1, -0.05) is 17.7 Å². The molecule has 148 valence electrons. The van der Waals surface area contributed by atoms with E-state index < -0.39 is 15.9 Å². The summed E-state index contributed by atoms with van der Waals surface area (Å²) in [5, 5.41) is 3.19. The summed E-state index contributed by atoms with van der Waals surface area (Å²) in [5.41, 5.74) is 2.78. The molecule has 0 atom stereocenters. The van der Waals surface area contributed by atoms with Gasteiger partial charge in [0.15, 0.2) is 5.75 Å². The number of carbonyl (C=O) groups excluding carboxylic acids is 1. The van der Waals surface area contributed by atoms with Gasteiger partial charge in [0.05, 0.1) is 16.1 Å². The van der Waals surface area contributed by atoms with Gasteiger partial charge in [0.25, 0.3) is 15.9 Å². The molecule has 1 amide bonds. The molecule has 0 aromatic heterocycles. The zero-order valence-electron chi connectivity index (χ0n) is 15.6. The fourth-order valence-corrected chi connectivity index (χ4v) is 4.26. The lowest BCUT2D eigenvalue weighted by Gasteiger charge is -2.12. The standard InChI is InChI=1S/C21H17ClN2O4S/c1-12-3-6-16(9-13(12)2)29(26,27)24-15-5-8-19-17(11-15)21(25)23-18-10-14(22)4-7-20(18)28-19/h3-11,24H,1-2H3,(H,23,25). The Kier molecular flexibility index (Phi) is 4.72. The van der Waals surface area contributed by atoms with Crippen molar-refractivity contribution in [2.24, 2.45) is 0 Å². The smallest absolute Gasteiger partial charge is 0.261 e. The molecule has 4 rings (SSSR count). The molecule has 0 saturated carbocycles. The van der Waals surface area contributed by atoms with Crippen molar-refractivity contribution in [1.82, 2.24) is 0 Å². The number of benzene rings is 3. The summed E-state index contributed by atoms with van der Waals surface area (Å²) in [5.74, 6) is 0.343. The van der Waals surface area contributed by atoms with Crippen LogP contribution in [-0.2, 0) is 10.0 Å². The van der Waals surface area contributed by atoms with Gasteiger partial charge in [-0.25, -0.2) is 8.42 Å². The van der Waals surface area contributed by atoms with Crippen LogP contribution in [0.3, 0.4) is 0 Å². The Balaban J connectivity index is 1.67. The topological polar surface area (TPSA) is 84.5 Å². The maximum atomic E-state index is 12.7. The van der Waals surface area contributed by atoms with E-state index in [0.717, 1.165) is 11.1 Å². The molecule has 0 aliphatic carbocycles. The van der Waals surface area contributed by atoms with Crippen molar-refractivity contribution >= 4 is 38.9 Å². The number of aryl methyl sites for hydroxylation is 2. The third kappa shape index (κ3) is 3.79. The highest BCUT2D eigenvalue weighted by atomic mass is 35.5. The first-order valence-corrected chi connectivity index (χ1v) is 10.6. The summed E-state index contributed by atoms with van der Waals surface area (Å²) in [6.45, 7) is 3.76. The molecule has 2 N–H and O–H groups in total. The van der Waals surface area contributed by atoms with Gasteiger partial charge >= 0.3 is 0 Å². The molecule has 3 aromatic rings. The van der Waals surface area contributed by atoms with Gasteiger partial charge in [0, 0.05) is 10.7 Å². The van der Waals surface area contributed by atoms with Crippen molar-refractivity contribution in [3.8, 4) is 11.5 Å². The minimum absolute atomic E-state index is 0.151. The van der Waals surface area contributed by atoms with E-state index in [9.17, 15) is 13.2 Å². The number of hydrogen-bond acceptors (Lipinski definition) is 4. The number of rotatable bonds is 3. The lowest BCUT2D eigenvalue weighted by atomic mass is 10.1. The zero-order valence-corrected chi connectivity index (χ0v) is 17.2. The lowest BCUT2D eigenvalue weighted by molar-refractivity contribution is 0.102. The molecule has 1 heterocycles. The Labute approximate surface area is 173 Å². The predicted molar refractivity (Wildman–Crippen MR) is 113 cm³/mol. The van der Waals surface area contributed by atoms with Crippen LogP contribution in [0.1, 0.15) is 21.5 Å². The van der Waals surface area contributed by atoms with Crippen molar-refractivity contribution in [2.75, 3.05) is 10.0 Å². The normalized spacial score (nSPS) is 12.9. The largest absolute Gasteiger partial charge is 0.454 e. The Bertz CT molecular complexity index is 1260. The Morgan fingerprint density at radius 3 is 2.45 bits per heavy atom. The van der Waals surface area contributed by atoms with Crippen LogP contribution in [0, 0.1) is 13.8 Å². The highest BCUT2D eigenvalue weighted by Gasteiger charge is 2.23. The minimum Gasteiger partial charge on any atom is -0.454 e. The van der Waals surface area contributed by atoms with E-state index in [4.69, 9.17) is 16.3 Å². The second-order valence-corrected chi connectivity index (χ2v) is 8.88. The molecule has 0 bridgehead atoms. The van der Waals surface area contributed by atoms with Crippen LogP contribution < -0.4 is 14.8 Å². The van der Waals surface area contributed by atoms with Gasteiger partial charge in [-0.15, -0.1) is 0 Å². The number of fused-ring (bicyclic) bond motifs is 2. The minimum atomic E-state index is -3.80. The van der Waals surface area contributed by atoms with E-state index in [1.54, 1.807) is 48.5 Å². The molecule has 6 nitrogen and oxygen atoms in total. The van der Waals surface area contributed by atoms with Crippen LogP contribution in [-0.4, -0.2) is 14.3 Å². The van der Waals surface area contributed by atoms with E-state index >= 15 is 0 Å². The average Bonchev–Trinajstić information content (AvgIpc) is 2.79.